The Morgan fingerprint density at radius 3 is 3.00 bits per heavy atom. The molecule has 0 aliphatic rings. The van der Waals surface area contributed by atoms with Gasteiger partial charge in [0, 0.05) is 18.0 Å². The Morgan fingerprint density at radius 1 is 1.57 bits per heavy atom. The van der Waals surface area contributed by atoms with Gasteiger partial charge < -0.3 is 4.42 Å². The molecular formula is C9H10N4O. The van der Waals surface area contributed by atoms with E-state index in [-0.39, 0.29) is 0 Å². The fraction of sp³-hybridized carbons (Fsp3) is 0.222. The van der Waals surface area contributed by atoms with Crippen LogP contribution in [0, 0.1) is 6.92 Å². The van der Waals surface area contributed by atoms with Gasteiger partial charge in [-0.2, -0.15) is 0 Å². The Bertz CT molecular complexity index is 491. The second kappa shape index (κ2) is 4.89. The van der Waals surface area contributed by atoms with Crippen LogP contribution in [0.25, 0.3) is 22.7 Å². The van der Waals surface area contributed by atoms with Crippen LogP contribution >= 0.6 is 0 Å². The van der Waals surface area contributed by atoms with Gasteiger partial charge in [-0.05, 0) is 18.5 Å². The SMILES string of the molecule is C/C=C/C=c1/oc(C)n/c1=C/N=[N+]=[N-]. The fourth-order valence-corrected chi connectivity index (χ4v) is 0.935. The Labute approximate surface area is 80.7 Å². The molecule has 1 rings (SSSR count). The minimum Gasteiger partial charge on any atom is -0.441 e. The first kappa shape index (κ1) is 10.1. The van der Waals surface area contributed by atoms with Crippen LogP contribution in [0.4, 0.5) is 0 Å². The normalized spacial score (nSPS) is 13.6. The lowest BCUT2D eigenvalue weighted by molar-refractivity contribution is 0.492. The van der Waals surface area contributed by atoms with Crippen molar-refractivity contribution >= 4 is 12.3 Å². The quantitative estimate of drug-likeness (QED) is 0.401. The van der Waals surface area contributed by atoms with Crippen LogP contribution in [-0.4, -0.2) is 4.98 Å². The highest BCUT2D eigenvalue weighted by atomic mass is 16.3. The molecule has 0 radical (unpaired) electrons. The monoisotopic (exact) mass is 190 g/mol. The number of aryl methyl sites for hydroxylation is 1. The third-order valence-electron chi connectivity index (χ3n) is 1.46. The average Bonchev–Trinajstić information content (AvgIpc) is 2.52. The number of nitrogens with zero attached hydrogens (tertiary/aromatic N) is 4. The van der Waals surface area contributed by atoms with Crippen molar-refractivity contribution in [2.45, 2.75) is 13.8 Å². The van der Waals surface area contributed by atoms with E-state index in [4.69, 9.17) is 9.95 Å². The van der Waals surface area contributed by atoms with Gasteiger partial charge in [-0.1, -0.05) is 17.3 Å². The molecule has 14 heavy (non-hydrogen) atoms. The van der Waals surface area contributed by atoms with Gasteiger partial charge in [-0.15, -0.1) is 0 Å². The highest BCUT2D eigenvalue weighted by Crippen LogP contribution is 1.81. The van der Waals surface area contributed by atoms with Crippen molar-refractivity contribution in [2.24, 2.45) is 5.11 Å². The topological polar surface area (TPSA) is 74.8 Å². The van der Waals surface area contributed by atoms with Crippen molar-refractivity contribution in [3.05, 3.63) is 39.3 Å². The van der Waals surface area contributed by atoms with Gasteiger partial charge in [0.2, 0.25) is 0 Å². The van der Waals surface area contributed by atoms with Gasteiger partial charge in [0.25, 0.3) is 0 Å². The zero-order valence-corrected chi connectivity index (χ0v) is 8.01. The molecule has 0 fully saturated rings. The van der Waals surface area contributed by atoms with Gasteiger partial charge in [0.15, 0.2) is 11.3 Å². The fourth-order valence-electron chi connectivity index (χ4n) is 0.935. The van der Waals surface area contributed by atoms with Crippen LogP contribution in [0.3, 0.4) is 0 Å². The van der Waals surface area contributed by atoms with Crippen LogP contribution < -0.4 is 10.8 Å². The average molecular weight is 190 g/mol. The number of hydrogen-bond donors (Lipinski definition) is 0. The van der Waals surface area contributed by atoms with Gasteiger partial charge >= 0.3 is 0 Å². The summed E-state index contributed by atoms with van der Waals surface area (Å²) in [5, 5.41) is 3.85. The summed E-state index contributed by atoms with van der Waals surface area (Å²) >= 11 is 0. The van der Waals surface area contributed by atoms with E-state index in [1.807, 2.05) is 19.1 Å². The first-order chi connectivity index (χ1) is 6.77. The summed E-state index contributed by atoms with van der Waals surface area (Å²) in [7, 11) is 0. The Balaban J connectivity index is 3.36. The molecule has 0 aliphatic heterocycles. The molecule has 0 N–H and O–H groups in total. The maximum absolute atomic E-state index is 8.15. The summed E-state index contributed by atoms with van der Waals surface area (Å²) in [5.41, 5.74) is 8.74. The number of hydrogen-bond acceptors (Lipinski definition) is 3. The minimum atomic E-state index is 0.540. The lowest BCUT2D eigenvalue weighted by Gasteiger charge is -1.73. The predicted octanol–water partition coefficient (Wildman–Crippen LogP) is 1.39. The molecule has 0 atom stereocenters. The smallest absolute Gasteiger partial charge is 0.192 e. The molecule has 72 valence electrons. The molecule has 0 aromatic carbocycles. The predicted molar refractivity (Wildman–Crippen MR) is 53.4 cm³/mol. The molecule has 1 aromatic heterocycles. The summed E-state index contributed by atoms with van der Waals surface area (Å²) in [6.45, 7) is 3.64. The van der Waals surface area contributed by atoms with Crippen LogP contribution in [0.2, 0.25) is 0 Å². The number of azide groups is 1. The van der Waals surface area contributed by atoms with Crippen molar-refractivity contribution in [1.29, 1.82) is 0 Å². The van der Waals surface area contributed by atoms with Crippen LogP contribution in [-0.2, 0) is 0 Å². The lowest BCUT2D eigenvalue weighted by Crippen LogP contribution is -2.21. The number of rotatable bonds is 2. The molecule has 0 saturated carbocycles. The van der Waals surface area contributed by atoms with Gasteiger partial charge in [0.1, 0.15) is 5.35 Å². The molecule has 1 aromatic rings. The highest BCUT2D eigenvalue weighted by Gasteiger charge is 1.93. The molecule has 0 unspecified atom stereocenters. The van der Waals surface area contributed by atoms with E-state index in [1.54, 1.807) is 13.0 Å². The van der Waals surface area contributed by atoms with Crippen molar-refractivity contribution in [1.82, 2.24) is 4.98 Å². The molecule has 0 aliphatic carbocycles. The molecule has 0 amide bonds. The van der Waals surface area contributed by atoms with E-state index in [1.165, 1.54) is 6.20 Å². The van der Waals surface area contributed by atoms with E-state index < -0.39 is 0 Å². The number of oxazole rings is 1. The second-order valence-corrected chi connectivity index (χ2v) is 2.51. The largest absolute Gasteiger partial charge is 0.441 e. The van der Waals surface area contributed by atoms with E-state index >= 15 is 0 Å². The zero-order valence-electron chi connectivity index (χ0n) is 8.01. The summed E-state index contributed by atoms with van der Waals surface area (Å²) in [5.74, 6) is 0.542. The molecular weight excluding hydrogens is 180 g/mol. The summed E-state index contributed by atoms with van der Waals surface area (Å²) in [4.78, 5) is 6.67. The molecule has 1 heterocycles. The van der Waals surface area contributed by atoms with Gasteiger partial charge in [-0.3, -0.25) is 0 Å². The molecule has 5 nitrogen and oxygen atoms in total. The van der Waals surface area contributed by atoms with Gasteiger partial charge in [0.05, 0.1) is 0 Å². The minimum absolute atomic E-state index is 0.540. The molecule has 0 bridgehead atoms. The van der Waals surface area contributed by atoms with E-state index in [9.17, 15) is 0 Å². The molecule has 0 spiro atoms. The summed E-state index contributed by atoms with van der Waals surface area (Å²) < 4.78 is 5.28. The first-order valence-electron chi connectivity index (χ1n) is 4.09. The summed E-state index contributed by atoms with van der Waals surface area (Å²) in [6.07, 6.45) is 6.78. The summed E-state index contributed by atoms with van der Waals surface area (Å²) in [6, 6.07) is 0. The Kier molecular flexibility index (Phi) is 3.52. The van der Waals surface area contributed by atoms with Crippen molar-refractivity contribution in [3.8, 4) is 0 Å². The maximum Gasteiger partial charge on any atom is 0.192 e. The Morgan fingerprint density at radius 2 is 2.36 bits per heavy atom. The third-order valence-corrected chi connectivity index (χ3v) is 1.46. The van der Waals surface area contributed by atoms with E-state index in [2.05, 4.69) is 15.0 Å². The molecule has 0 saturated heterocycles. The van der Waals surface area contributed by atoms with Gasteiger partial charge in [-0.25, -0.2) is 4.98 Å². The van der Waals surface area contributed by atoms with Crippen molar-refractivity contribution in [2.75, 3.05) is 0 Å². The van der Waals surface area contributed by atoms with Crippen LogP contribution in [0.5, 0.6) is 0 Å². The molecule has 5 heteroatoms. The van der Waals surface area contributed by atoms with Crippen molar-refractivity contribution in [3.63, 3.8) is 0 Å². The van der Waals surface area contributed by atoms with E-state index in [0.29, 0.717) is 16.7 Å². The Hall–Kier alpha value is -2.00. The maximum atomic E-state index is 8.15. The van der Waals surface area contributed by atoms with E-state index in [0.717, 1.165) is 0 Å². The number of aromatic nitrogens is 1. The first-order valence-corrected chi connectivity index (χ1v) is 4.09. The highest BCUT2D eigenvalue weighted by molar-refractivity contribution is 5.34. The van der Waals surface area contributed by atoms with Crippen LogP contribution in [0.15, 0.2) is 21.7 Å². The van der Waals surface area contributed by atoms with Crippen LogP contribution in [0.1, 0.15) is 12.8 Å². The zero-order chi connectivity index (χ0) is 10.4. The third kappa shape index (κ3) is 2.50. The second-order valence-electron chi connectivity index (χ2n) is 2.51. The standard InChI is InChI=1S/C9H10N4O/c1-3-4-5-9-8(6-11-13-10)12-7(2)14-9/h3-6H,1-2H3/b4-3+,8-6+,9-5+. The number of allylic oxidation sites excluding steroid dienone is 2. The van der Waals surface area contributed by atoms with Crippen molar-refractivity contribution < 1.29 is 4.42 Å². The lowest BCUT2D eigenvalue weighted by atomic mass is 10.4.